The molecule has 2 N–H and O–H groups in total. The van der Waals surface area contributed by atoms with Gasteiger partial charge in [-0.15, -0.1) is 0 Å². The van der Waals surface area contributed by atoms with Crippen LogP contribution in [0, 0.1) is 13.8 Å². The predicted molar refractivity (Wildman–Crippen MR) is 74.8 cm³/mol. The fourth-order valence-electron chi connectivity index (χ4n) is 1.67. The van der Waals surface area contributed by atoms with Crippen LogP contribution in [0.5, 0.6) is 5.75 Å². The van der Waals surface area contributed by atoms with E-state index in [0.717, 1.165) is 5.56 Å². The van der Waals surface area contributed by atoms with Crippen LogP contribution in [0.4, 0.5) is 5.69 Å². The number of phenols is 1. The second-order valence-corrected chi connectivity index (χ2v) is 6.11. The van der Waals surface area contributed by atoms with Crippen LogP contribution in [0.2, 0.25) is 0 Å². The lowest BCUT2D eigenvalue weighted by Gasteiger charge is -2.09. The zero-order valence-corrected chi connectivity index (χ0v) is 11.5. The number of phenolic OH excluding ortho intramolecular Hbond substituents is 1. The Balaban J connectivity index is 2.33. The zero-order chi connectivity index (χ0) is 14.0. The third-order valence-corrected chi connectivity index (χ3v) is 4.14. The minimum atomic E-state index is -3.63. The Bertz CT molecular complexity index is 708. The van der Waals surface area contributed by atoms with Crippen molar-refractivity contribution in [3.05, 3.63) is 53.6 Å². The number of nitrogens with one attached hydrogen (secondary N) is 1. The van der Waals surface area contributed by atoms with E-state index in [1.165, 1.54) is 12.1 Å². The lowest BCUT2D eigenvalue weighted by Crippen LogP contribution is -2.13. The zero-order valence-electron chi connectivity index (χ0n) is 10.7. The van der Waals surface area contributed by atoms with Crippen LogP contribution in [-0.2, 0) is 10.0 Å². The topological polar surface area (TPSA) is 66.4 Å². The Kier molecular flexibility index (Phi) is 3.48. The van der Waals surface area contributed by atoms with Gasteiger partial charge in [0.15, 0.2) is 0 Å². The van der Waals surface area contributed by atoms with Crippen LogP contribution in [0.15, 0.2) is 47.4 Å². The van der Waals surface area contributed by atoms with E-state index in [4.69, 9.17) is 0 Å². The van der Waals surface area contributed by atoms with Crippen LogP contribution in [0.1, 0.15) is 11.1 Å². The molecule has 5 heteroatoms. The number of anilines is 1. The molecule has 19 heavy (non-hydrogen) atoms. The molecule has 0 amide bonds. The third-order valence-electron chi connectivity index (χ3n) is 2.76. The van der Waals surface area contributed by atoms with Gasteiger partial charge in [-0.3, -0.25) is 4.72 Å². The SMILES string of the molecule is Cc1cccc(S(=O)(=O)Nc2ccc(C)c(O)c2)c1. The van der Waals surface area contributed by atoms with Gasteiger partial charge in [-0.1, -0.05) is 18.2 Å². The summed E-state index contributed by atoms with van der Waals surface area (Å²) in [6, 6.07) is 11.3. The minimum Gasteiger partial charge on any atom is -0.508 e. The molecule has 2 aromatic carbocycles. The van der Waals surface area contributed by atoms with Crippen molar-refractivity contribution in [1.29, 1.82) is 0 Å². The van der Waals surface area contributed by atoms with Gasteiger partial charge in [-0.25, -0.2) is 8.42 Å². The Morgan fingerprint density at radius 3 is 2.42 bits per heavy atom. The smallest absolute Gasteiger partial charge is 0.261 e. The van der Waals surface area contributed by atoms with Gasteiger partial charge in [0.2, 0.25) is 0 Å². The van der Waals surface area contributed by atoms with Crippen molar-refractivity contribution in [2.45, 2.75) is 18.7 Å². The second kappa shape index (κ2) is 4.93. The van der Waals surface area contributed by atoms with Crippen LogP contribution in [-0.4, -0.2) is 13.5 Å². The van der Waals surface area contributed by atoms with Crippen molar-refractivity contribution in [3.63, 3.8) is 0 Å². The number of sulfonamides is 1. The van der Waals surface area contributed by atoms with Gasteiger partial charge in [0, 0.05) is 6.07 Å². The summed E-state index contributed by atoms with van der Waals surface area (Å²) in [5.74, 6) is 0.0597. The Hall–Kier alpha value is -2.01. The van der Waals surface area contributed by atoms with Gasteiger partial charge >= 0.3 is 0 Å². The molecule has 0 radical (unpaired) electrons. The summed E-state index contributed by atoms with van der Waals surface area (Å²) >= 11 is 0. The quantitative estimate of drug-likeness (QED) is 0.906. The monoisotopic (exact) mass is 277 g/mol. The number of hydrogen-bond acceptors (Lipinski definition) is 3. The van der Waals surface area contributed by atoms with E-state index >= 15 is 0 Å². The number of aromatic hydroxyl groups is 1. The maximum Gasteiger partial charge on any atom is 0.261 e. The Labute approximate surface area is 112 Å². The molecule has 0 aliphatic rings. The molecule has 0 aromatic heterocycles. The third kappa shape index (κ3) is 3.06. The molecule has 0 spiro atoms. The molecule has 0 aliphatic heterocycles. The van der Waals surface area contributed by atoms with Crippen molar-refractivity contribution in [1.82, 2.24) is 0 Å². The Morgan fingerprint density at radius 2 is 1.79 bits per heavy atom. The summed E-state index contributed by atoms with van der Waals surface area (Å²) < 4.78 is 26.8. The van der Waals surface area contributed by atoms with Gasteiger partial charge in [0.05, 0.1) is 10.6 Å². The average Bonchev–Trinajstić information content (AvgIpc) is 2.33. The van der Waals surface area contributed by atoms with E-state index in [-0.39, 0.29) is 10.6 Å². The summed E-state index contributed by atoms with van der Waals surface area (Å²) in [5, 5.41) is 9.58. The molecular weight excluding hydrogens is 262 g/mol. The molecule has 0 fully saturated rings. The number of hydrogen-bond donors (Lipinski definition) is 2. The molecule has 2 rings (SSSR count). The molecule has 0 bridgehead atoms. The van der Waals surface area contributed by atoms with Gasteiger partial charge in [0.25, 0.3) is 10.0 Å². The van der Waals surface area contributed by atoms with E-state index < -0.39 is 10.0 Å². The molecule has 4 nitrogen and oxygen atoms in total. The van der Waals surface area contributed by atoms with Crippen molar-refractivity contribution in [2.24, 2.45) is 0 Å². The highest BCUT2D eigenvalue weighted by atomic mass is 32.2. The molecule has 0 atom stereocenters. The number of benzene rings is 2. The summed E-state index contributed by atoms with van der Waals surface area (Å²) in [6.45, 7) is 3.57. The first-order chi connectivity index (χ1) is 8.88. The lowest BCUT2D eigenvalue weighted by atomic mass is 10.2. The van der Waals surface area contributed by atoms with E-state index in [1.54, 1.807) is 31.2 Å². The van der Waals surface area contributed by atoms with Crippen LogP contribution >= 0.6 is 0 Å². The van der Waals surface area contributed by atoms with Crippen molar-refractivity contribution < 1.29 is 13.5 Å². The van der Waals surface area contributed by atoms with Crippen LogP contribution < -0.4 is 4.72 Å². The van der Waals surface area contributed by atoms with E-state index in [2.05, 4.69) is 4.72 Å². The molecule has 0 saturated carbocycles. The average molecular weight is 277 g/mol. The van der Waals surface area contributed by atoms with Gasteiger partial charge in [0.1, 0.15) is 5.75 Å². The first-order valence-corrected chi connectivity index (χ1v) is 7.26. The molecule has 100 valence electrons. The molecule has 2 aromatic rings. The molecule has 0 aliphatic carbocycles. The van der Waals surface area contributed by atoms with E-state index in [1.807, 2.05) is 13.0 Å². The fraction of sp³-hybridized carbons (Fsp3) is 0.143. The highest BCUT2D eigenvalue weighted by Gasteiger charge is 2.14. The highest BCUT2D eigenvalue weighted by molar-refractivity contribution is 7.92. The van der Waals surface area contributed by atoms with Gasteiger partial charge in [-0.05, 0) is 43.2 Å². The van der Waals surface area contributed by atoms with Crippen molar-refractivity contribution in [3.8, 4) is 5.75 Å². The number of rotatable bonds is 3. The van der Waals surface area contributed by atoms with E-state index in [0.29, 0.717) is 11.3 Å². The summed E-state index contributed by atoms with van der Waals surface area (Å²) in [7, 11) is -3.63. The summed E-state index contributed by atoms with van der Waals surface area (Å²) in [5.41, 5.74) is 1.90. The van der Waals surface area contributed by atoms with E-state index in [9.17, 15) is 13.5 Å². The second-order valence-electron chi connectivity index (χ2n) is 4.42. The largest absolute Gasteiger partial charge is 0.508 e. The molecular formula is C14H15NO3S. The summed E-state index contributed by atoms with van der Waals surface area (Å²) in [6.07, 6.45) is 0. The fourth-order valence-corrected chi connectivity index (χ4v) is 2.82. The first-order valence-electron chi connectivity index (χ1n) is 5.77. The van der Waals surface area contributed by atoms with Gasteiger partial charge < -0.3 is 5.11 Å². The summed E-state index contributed by atoms with van der Waals surface area (Å²) in [4.78, 5) is 0.201. The standard InChI is InChI=1S/C14H15NO3S/c1-10-4-3-5-13(8-10)19(17,18)15-12-7-6-11(2)14(16)9-12/h3-9,15-16H,1-2H3. The lowest BCUT2D eigenvalue weighted by molar-refractivity contribution is 0.471. The van der Waals surface area contributed by atoms with Crippen LogP contribution in [0.3, 0.4) is 0 Å². The number of aryl methyl sites for hydroxylation is 2. The van der Waals surface area contributed by atoms with Crippen molar-refractivity contribution >= 4 is 15.7 Å². The Morgan fingerprint density at radius 1 is 1.05 bits per heavy atom. The minimum absolute atomic E-state index is 0.0597. The maximum absolute atomic E-state index is 12.2. The maximum atomic E-state index is 12.2. The molecule has 0 unspecified atom stereocenters. The molecule has 0 heterocycles. The first kappa shape index (κ1) is 13.4. The van der Waals surface area contributed by atoms with Crippen LogP contribution in [0.25, 0.3) is 0 Å². The molecule has 0 saturated heterocycles. The highest BCUT2D eigenvalue weighted by Crippen LogP contribution is 2.23. The van der Waals surface area contributed by atoms with Crippen molar-refractivity contribution in [2.75, 3.05) is 4.72 Å². The predicted octanol–water partition coefficient (Wildman–Crippen LogP) is 2.81. The normalized spacial score (nSPS) is 11.3. The van der Waals surface area contributed by atoms with Gasteiger partial charge in [-0.2, -0.15) is 0 Å².